The van der Waals surface area contributed by atoms with Crippen LogP contribution in [0.2, 0.25) is 0 Å². The minimum absolute atomic E-state index is 0.0315. The maximum Gasteiger partial charge on any atom is 0.229 e. The Balaban J connectivity index is 1.80. The molecule has 0 spiro atoms. The molecule has 0 aliphatic carbocycles. The number of nitrogens with zero attached hydrogens (tertiary/aromatic N) is 3. The van der Waals surface area contributed by atoms with Gasteiger partial charge in [0.05, 0.1) is 11.5 Å². The average Bonchev–Trinajstić information content (AvgIpc) is 2.94. The van der Waals surface area contributed by atoms with Crippen molar-refractivity contribution in [3.05, 3.63) is 41.6 Å². The molecular formula is C18H24N4O2S. The van der Waals surface area contributed by atoms with Crippen molar-refractivity contribution >= 4 is 27.3 Å². The summed E-state index contributed by atoms with van der Waals surface area (Å²) in [5.41, 5.74) is 3.05. The molecule has 1 saturated heterocycles. The Hall–Kier alpha value is -2.15. The van der Waals surface area contributed by atoms with Gasteiger partial charge in [0, 0.05) is 30.5 Å². The predicted octanol–water partition coefficient (Wildman–Crippen LogP) is 2.71. The number of benzene rings is 1. The van der Waals surface area contributed by atoms with Gasteiger partial charge < -0.3 is 10.2 Å². The number of nitrogens with one attached hydrogen (secondary N) is 1. The largest absolute Gasteiger partial charge is 0.355 e. The van der Waals surface area contributed by atoms with Crippen molar-refractivity contribution < 1.29 is 8.42 Å². The summed E-state index contributed by atoms with van der Waals surface area (Å²) in [5.74, 6) is 1.70. The van der Waals surface area contributed by atoms with Crippen molar-refractivity contribution in [3.8, 4) is 0 Å². The standard InChI is InChI=1S/C18H24N4O2S/c1-4-14-5-7-15(8-6-14)20-18-19-13(2)11-17(21-18)22(3)16-9-10-25(23,24)12-16/h5-8,11,16H,4,9-10,12H2,1-3H3,(H,19,20,21). The van der Waals surface area contributed by atoms with Crippen LogP contribution in [0.3, 0.4) is 0 Å². The fourth-order valence-electron chi connectivity index (χ4n) is 3.01. The molecule has 1 aromatic heterocycles. The highest BCUT2D eigenvalue weighted by molar-refractivity contribution is 7.91. The van der Waals surface area contributed by atoms with Crippen LogP contribution in [-0.4, -0.2) is 43.0 Å². The fraction of sp³-hybridized carbons (Fsp3) is 0.444. The van der Waals surface area contributed by atoms with Gasteiger partial charge in [-0.25, -0.2) is 13.4 Å². The van der Waals surface area contributed by atoms with Gasteiger partial charge in [-0.15, -0.1) is 0 Å². The van der Waals surface area contributed by atoms with E-state index in [0.29, 0.717) is 12.4 Å². The van der Waals surface area contributed by atoms with E-state index < -0.39 is 9.84 Å². The Morgan fingerprint density at radius 1 is 1.24 bits per heavy atom. The zero-order valence-electron chi connectivity index (χ0n) is 14.9. The van der Waals surface area contributed by atoms with Gasteiger partial charge in [0.25, 0.3) is 0 Å². The quantitative estimate of drug-likeness (QED) is 0.884. The van der Waals surface area contributed by atoms with Crippen LogP contribution in [0, 0.1) is 6.92 Å². The number of hydrogen-bond donors (Lipinski definition) is 1. The third kappa shape index (κ3) is 4.28. The Bertz CT molecular complexity index is 850. The van der Waals surface area contributed by atoms with Crippen molar-refractivity contribution in [2.75, 3.05) is 28.8 Å². The first-order chi connectivity index (χ1) is 11.9. The highest BCUT2D eigenvalue weighted by Crippen LogP contribution is 2.24. The second-order valence-electron chi connectivity index (χ2n) is 6.53. The maximum absolute atomic E-state index is 11.7. The van der Waals surface area contributed by atoms with Gasteiger partial charge in [-0.1, -0.05) is 19.1 Å². The van der Waals surface area contributed by atoms with Crippen LogP contribution in [0.25, 0.3) is 0 Å². The molecule has 0 bridgehead atoms. The normalized spacial score (nSPS) is 18.9. The molecule has 0 saturated carbocycles. The molecule has 1 aromatic carbocycles. The molecule has 1 N–H and O–H groups in total. The third-order valence-electron chi connectivity index (χ3n) is 4.58. The van der Waals surface area contributed by atoms with E-state index >= 15 is 0 Å². The van der Waals surface area contributed by atoms with E-state index in [4.69, 9.17) is 0 Å². The van der Waals surface area contributed by atoms with Crippen LogP contribution < -0.4 is 10.2 Å². The zero-order chi connectivity index (χ0) is 18.0. The summed E-state index contributed by atoms with van der Waals surface area (Å²) >= 11 is 0. The van der Waals surface area contributed by atoms with Crippen LogP contribution in [0.4, 0.5) is 17.5 Å². The van der Waals surface area contributed by atoms with Crippen molar-refractivity contribution in [1.82, 2.24) is 9.97 Å². The summed E-state index contributed by atoms with van der Waals surface area (Å²) < 4.78 is 23.5. The lowest BCUT2D eigenvalue weighted by atomic mass is 10.1. The molecule has 2 aromatic rings. The van der Waals surface area contributed by atoms with E-state index in [2.05, 4.69) is 34.3 Å². The summed E-state index contributed by atoms with van der Waals surface area (Å²) in [4.78, 5) is 11.0. The van der Waals surface area contributed by atoms with Crippen molar-refractivity contribution in [3.63, 3.8) is 0 Å². The van der Waals surface area contributed by atoms with Gasteiger partial charge in [0.1, 0.15) is 5.82 Å². The smallest absolute Gasteiger partial charge is 0.229 e. The van der Waals surface area contributed by atoms with Crippen LogP contribution in [0.5, 0.6) is 0 Å². The predicted molar refractivity (Wildman–Crippen MR) is 101 cm³/mol. The Morgan fingerprint density at radius 2 is 1.96 bits per heavy atom. The molecule has 3 rings (SSSR count). The molecule has 1 aliphatic rings. The number of aromatic nitrogens is 2. The van der Waals surface area contributed by atoms with Gasteiger partial charge in [-0.05, 0) is 37.5 Å². The van der Waals surface area contributed by atoms with Gasteiger partial charge in [-0.3, -0.25) is 0 Å². The van der Waals surface area contributed by atoms with Crippen LogP contribution in [0.1, 0.15) is 24.6 Å². The van der Waals surface area contributed by atoms with Gasteiger partial charge in [-0.2, -0.15) is 4.98 Å². The van der Waals surface area contributed by atoms with Crippen LogP contribution in [0.15, 0.2) is 30.3 Å². The molecule has 134 valence electrons. The summed E-state index contributed by atoms with van der Waals surface area (Å²) in [7, 11) is -1.03. The number of rotatable bonds is 5. The SMILES string of the molecule is CCc1ccc(Nc2nc(C)cc(N(C)C3CCS(=O)(=O)C3)n2)cc1. The first-order valence-electron chi connectivity index (χ1n) is 8.51. The summed E-state index contributed by atoms with van der Waals surface area (Å²) in [6.45, 7) is 4.03. The second-order valence-corrected chi connectivity index (χ2v) is 8.76. The minimum atomic E-state index is -2.92. The molecule has 1 unspecified atom stereocenters. The lowest BCUT2D eigenvalue weighted by Gasteiger charge is -2.25. The summed E-state index contributed by atoms with van der Waals surface area (Å²) in [6, 6.07) is 10.0. The molecule has 1 fully saturated rings. The van der Waals surface area contributed by atoms with E-state index in [1.54, 1.807) is 0 Å². The minimum Gasteiger partial charge on any atom is -0.355 e. The highest BCUT2D eigenvalue weighted by Gasteiger charge is 2.31. The molecule has 0 radical (unpaired) electrons. The summed E-state index contributed by atoms with van der Waals surface area (Å²) in [6.07, 6.45) is 1.64. The van der Waals surface area contributed by atoms with Crippen LogP contribution >= 0.6 is 0 Å². The number of sulfone groups is 1. The zero-order valence-corrected chi connectivity index (χ0v) is 15.7. The van der Waals surface area contributed by atoms with E-state index in [-0.39, 0.29) is 17.5 Å². The van der Waals surface area contributed by atoms with Crippen molar-refractivity contribution in [2.24, 2.45) is 0 Å². The highest BCUT2D eigenvalue weighted by atomic mass is 32.2. The Labute approximate surface area is 149 Å². The Kier molecular flexibility index (Phi) is 4.94. The first kappa shape index (κ1) is 17.7. The fourth-order valence-corrected chi connectivity index (χ4v) is 4.78. The summed E-state index contributed by atoms with van der Waals surface area (Å²) in [5, 5.41) is 3.23. The van der Waals surface area contributed by atoms with Crippen LogP contribution in [-0.2, 0) is 16.3 Å². The molecule has 6 nitrogen and oxygen atoms in total. The molecule has 25 heavy (non-hydrogen) atoms. The molecule has 7 heteroatoms. The van der Waals surface area contributed by atoms with Gasteiger partial charge in [0.2, 0.25) is 5.95 Å². The maximum atomic E-state index is 11.7. The molecular weight excluding hydrogens is 336 g/mol. The average molecular weight is 360 g/mol. The third-order valence-corrected chi connectivity index (χ3v) is 6.33. The lowest BCUT2D eigenvalue weighted by molar-refractivity contribution is 0.600. The molecule has 0 amide bonds. The van der Waals surface area contributed by atoms with Gasteiger partial charge >= 0.3 is 0 Å². The van der Waals surface area contributed by atoms with E-state index in [0.717, 1.165) is 23.6 Å². The van der Waals surface area contributed by atoms with Crippen molar-refractivity contribution in [2.45, 2.75) is 32.7 Å². The lowest BCUT2D eigenvalue weighted by Crippen LogP contribution is -2.33. The first-order valence-corrected chi connectivity index (χ1v) is 10.3. The number of anilines is 3. The Morgan fingerprint density at radius 3 is 2.56 bits per heavy atom. The second kappa shape index (κ2) is 7.00. The number of aryl methyl sites for hydroxylation is 2. The monoisotopic (exact) mass is 360 g/mol. The van der Waals surface area contributed by atoms with E-state index in [9.17, 15) is 8.42 Å². The molecule has 1 aliphatic heterocycles. The van der Waals surface area contributed by atoms with Crippen molar-refractivity contribution in [1.29, 1.82) is 0 Å². The number of hydrogen-bond acceptors (Lipinski definition) is 6. The molecule has 2 heterocycles. The van der Waals surface area contributed by atoms with E-state index in [1.165, 1.54) is 5.56 Å². The van der Waals surface area contributed by atoms with Gasteiger partial charge in [0.15, 0.2) is 9.84 Å². The van der Waals surface area contributed by atoms with E-state index in [1.807, 2.05) is 37.1 Å². The topological polar surface area (TPSA) is 75.2 Å². The molecule has 1 atom stereocenters.